The molecular weight excluding hydrogens is 246 g/mol. The van der Waals surface area contributed by atoms with Crippen molar-refractivity contribution in [3.8, 4) is 0 Å². The zero-order valence-corrected chi connectivity index (χ0v) is 11.8. The number of aromatic nitrogens is 1. The minimum atomic E-state index is -0.422. The normalized spacial score (nSPS) is 11.2. The first-order chi connectivity index (χ1) is 8.89. The molecule has 6 heteroatoms. The van der Waals surface area contributed by atoms with Crippen molar-refractivity contribution in [3.63, 3.8) is 0 Å². The fraction of sp³-hybridized carbons (Fsp3) is 0.538. The minimum absolute atomic E-state index is 0.277. The fourth-order valence-corrected chi connectivity index (χ4v) is 1.37. The van der Waals surface area contributed by atoms with Crippen LogP contribution in [0.15, 0.2) is 12.3 Å². The van der Waals surface area contributed by atoms with Crippen molar-refractivity contribution in [2.45, 2.75) is 26.4 Å². The lowest BCUT2D eigenvalue weighted by Gasteiger charge is -2.24. The van der Waals surface area contributed by atoms with Crippen molar-refractivity contribution in [2.75, 3.05) is 31.3 Å². The molecule has 0 amide bonds. The van der Waals surface area contributed by atoms with Gasteiger partial charge in [0.25, 0.3) is 0 Å². The Morgan fingerprint density at radius 3 is 2.79 bits per heavy atom. The highest BCUT2D eigenvalue weighted by Crippen LogP contribution is 2.19. The first-order valence-electron chi connectivity index (χ1n) is 6.11. The number of hydrogen-bond acceptors (Lipinski definition) is 6. The maximum absolute atomic E-state index is 11.8. The summed E-state index contributed by atoms with van der Waals surface area (Å²) in [6.45, 7) is 6.47. The Labute approximate surface area is 113 Å². The molecule has 0 atom stereocenters. The molecule has 0 aromatic carbocycles. The Bertz CT molecular complexity index is 447. The van der Waals surface area contributed by atoms with Crippen LogP contribution in [0.4, 0.5) is 11.5 Å². The van der Waals surface area contributed by atoms with Crippen LogP contribution in [0.3, 0.4) is 0 Å². The van der Waals surface area contributed by atoms with Gasteiger partial charge < -0.3 is 20.5 Å². The summed E-state index contributed by atoms with van der Waals surface area (Å²) in [5, 5.41) is 3.13. The van der Waals surface area contributed by atoms with Gasteiger partial charge in [-0.05, 0) is 26.8 Å². The number of methoxy groups -OCH3 is 1. The number of pyridine rings is 1. The van der Waals surface area contributed by atoms with Crippen LogP contribution >= 0.6 is 0 Å². The van der Waals surface area contributed by atoms with Gasteiger partial charge in [-0.15, -0.1) is 0 Å². The maximum atomic E-state index is 11.8. The second kappa shape index (κ2) is 6.38. The van der Waals surface area contributed by atoms with Gasteiger partial charge in [-0.3, -0.25) is 0 Å². The molecule has 6 nitrogen and oxygen atoms in total. The highest BCUT2D eigenvalue weighted by atomic mass is 16.5. The zero-order valence-electron chi connectivity index (χ0n) is 11.8. The summed E-state index contributed by atoms with van der Waals surface area (Å²) in [6, 6.07) is 1.50. The van der Waals surface area contributed by atoms with Crippen molar-refractivity contribution in [3.05, 3.63) is 17.8 Å². The van der Waals surface area contributed by atoms with Gasteiger partial charge in [0.05, 0.1) is 29.7 Å². The predicted molar refractivity (Wildman–Crippen MR) is 74.2 cm³/mol. The van der Waals surface area contributed by atoms with Gasteiger partial charge in [-0.25, -0.2) is 9.78 Å². The summed E-state index contributed by atoms with van der Waals surface area (Å²) >= 11 is 0. The quantitative estimate of drug-likeness (QED) is 0.763. The third-order valence-electron chi connectivity index (χ3n) is 2.68. The SMILES string of the molecule is CCOC(=O)c1cc(N)ncc1NCC(C)(C)OC. The van der Waals surface area contributed by atoms with Gasteiger partial charge in [0.15, 0.2) is 0 Å². The molecule has 0 bridgehead atoms. The lowest BCUT2D eigenvalue weighted by molar-refractivity contribution is 0.0342. The van der Waals surface area contributed by atoms with Gasteiger partial charge in [0.1, 0.15) is 5.82 Å². The molecule has 0 aliphatic heterocycles. The summed E-state index contributed by atoms with van der Waals surface area (Å²) < 4.78 is 10.3. The van der Waals surface area contributed by atoms with Crippen LogP contribution in [0.25, 0.3) is 0 Å². The molecule has 0 aliphatic carbocycles. The van der Waals surface area contributed by atoms with Gasteiger partial charge in [0.2, 0.25) is 0 Å². The molecule has 0 radical (unpaired) electrons. The fourth-order valence-electron chi connectivity index (χ4n) is 1.37. The van der Waals surface area contributed by atoms with E-state index in [1.165, 1.54) is 12.3 Å². The Hall–Kier alpha value is -1.82. The molecule has 106 valence electrons. The number of nitrogen functional groups attached to an aromatic ring is 1. The molecule has 1 aromatic heterocycles. The molecule has 1 heterocycles. The first kappa shape index (κ1) is 15.2. The number of hydrogen-bond donors (Lipinski definition) is 2. The van der Waals surface area contributed by atoms with Crippen molar-refractivity contribution in [1.82, 2.24) is 4.98 Å². The lowest BCUT2D eigenvalue weighted by atomic mass is 10.1. The van der Waals surface area contributed by atoms with Gasteiger partial charge in [-0.1, -0.05) is 0 Å². The van der Waals surface area contributed by atoms with E-state index in [9.17, 15) is 4.79 Å². The molecule has 0 aliphatic rings. The van der Waals surface area contributed by atoms with E-state index in [0.29, 0.717) is 24.4 Å². The standard InChI is InChI=1S/C13H21N3O3/c1-5-19-12(17)9-6-11(14)15-7-10(9)16-8-13(2,3)18-4/h6-7,16H,5,8H2,1-4H3,(H2,14,15). The molecule has 0 unspecified atom stereocenters. The Morgan fingerprint density at radius 1 is 1.53 bits per heavy atom. The minimum Gasteiger partial charge on any atom is -0.462 e. The number of nitrogens with two attached hydrogens (primary N) is 1. The number of carbonyl (C=O) groups excluding carboxylic acids is 1. The van der Waals surface area contributed by atoms with Gasteiger partial charge in [-0.2, -0.15) is 0 Å². The van der Waals surface area contributed by atoms with Gasteiger partial charge >= 0.3 is 5.97 Å². The molecule has 0 spiro atoms. The van der Waals surface area contributed by atoms with Crippen molar-refractivity contribution in [2.24, 2.45) is 0 Å². The van der Waals surface area contributed by atoms with E-state index in [0.717, 1.165) is 0 Å². The topological polar surface area (TPSA) is 86.5 Å². The molecule has 3 N–H and O–H groups in total. The van der Waals surface area contributed by atoms with Crippen LogP contribution in [0, 0.1) is 0 Å². The summed E-state index contributed by atoms with van der Waals surface area (Å²) in [6.07, 6.45) is 1.52. The Morgan fingerprint density at radius 2 is 2.21 bits per heavy atom. The van der Waals surface area contributed by atoms with E-state index in [-0.39, 0.29) is 11.4 Å². The largest absolute Gasteiger partial charge is 0.462 e. The smallest absolute Gasteiger partial charge is 0.340 e. The van der Waals surface area contributed by atoms with E-state index < -0.39 is 5.97 Å². The van der Waals surface area contributed by atoms with E-state index in [4.69, 9.17) is 15.2 Å². The number of ether oxygens (including phenoxy) is 2. The number of rotatable bonds is 6. The average Bonchev–Trinajstić information content (AvgIpc) is 2.37. The predicted octanol–water partition coefficient (Wildman–Crippen LogP) is 1.68. The monoisotopic (exact) mass is 267 g/mol. The van der Waals surface area contributed by atoms with Crippen molar-refractivity contribution >= 4 is 17.5 Å². The molecule has 0 fully saturated rings. The third kappa shape index (κ3) is 4.40. The van der Waals surface area contributed by atoms with Gasteiger partial charge in [0, 0.05) is 13.7 Å². The number of nitrogens with zero attached hydrogens (tertiary/aromatic N) is 1. The van der Waals surface area contributed by atoms with E-state index in [2.05, 4.69) is 10.3 Å². The van der Waals surface area contributed by atoms with Crippen LogP contribution in [0.5, 0.6) is 0 Å². The van der Waals surface area contributed by atoms with Crippen molar-refractivity contribution in [1.29, 1.82) is 0 Å². The summed E-state index contributed by atoms with van der Waals surface area (Å²) in [4.78, 5) is 15.8. The number of nitrogens with one attached hydrogen (secondary N) is 1. The average molecular weight is 267 g/mol. The Balaban J connectivity index is 2.91. The second-order valence-corrected chi connectivity index (χ2v) is 4.69. The Kier molecular flexibility index (Phi) is 5.11. The van der Waals surface area contributed by atoms with Crippen LogP contribution in [-0.4, -0.2) is 36.8 Å². The summed E-state index contributed by atoms with van der Waals surface area (Å²) in [5.74, 6) is -0.145. The van der Waals surface area contributed by atoms with Crippen LogP contribution in [-0.2, 0) is 9.47 Å². The lowest BCUT2D eigenvalue weighted by Crippen LogP contribution is -2.32. The van der Waals surface area contributed by atoms with E-state index in [1.54, 1.807) is 14.0 Å². The van der Waals surface area contributed by atoms with Crippen LogP contribution < -0.4 is 11.1 Å². The number of anilines is 2. The summed E-state index contributed by atoms with van der Waals surface area (Å²) in [5.41, 5.74) is 6.20. The summed E-state index contributed by atoms with van der Waals surface area (Å²) in [7, 11) is 1.63. The number of carbonyl (C=O) groups is 1. The highest BCUT2D eigenvalue weighted by molar-refractivity contribution is 5.96. The van der Waals surface area contributed by atoms with Crippen LogP contribution in [0.1, 0.15) is 31.1 Å². The zero-order chi connectivity index (χ0) is 14.5. The molecule has 1 rings (SSSR count). The maximum Gasteiger partial charge on any atom is 0.340 e. The number of esters is 1. The van der Waals surface area contributed by atoms with E-state index >= 15 is 0 Å². The molecule has 19 heavy (non-hydrogen) atoms. The van der Waals surface area contributed by atoms with Crippen molar-refractivity contribution < 1.29 is 14.3 Å². The molecule has 0 saturated heterocycles. The molecular formula is C13H21N3O3. The highest BCUT2D eigenvalue weighted by Gasteiger charge is 2.19. The third-order valence-corrected chi connectivity index (χ3v) is 2.68. The van der Waals surface area contributed by atoms with Crippen LogP contribution in [0.2, 0.25) is 0 Å². The molecule has 1 aromatic rings. The first-order valence-corrected chi connectivity index (χ1v) is 6.11. The van der Waals surface area contributed by atoms with E-state index in [1.807, 2.05) is 13.8 Å². The second-order valence-electron chi connectivity index (χ2n) is 4.69. The molecule has 0 saturated carbocycles.